The molecule has 3 aromatic rings. The Balaban J connectivity index is 2.10. The molecule has 2 nitrogen and oxygen atoms in total. The average molecular weight is 301 g/mol. The first kappa shape index (κ1) is 11.5. The number of aromatic nitrogens is 2. The Hall–Kier alpha value is -1.61. The molecule has 0 aliphatic carbocycles. The number of benzene rings is 1. The Kier molecular flexibility index (Phi) is 2.92. The number of imidazole rings is 1. The van der Waals surface area contributed by atoms with Gasteiger partial charge in [-0.1, -0.05) is 30.3 Å². The molecular formula is C15H13BrN2. The minimum absolute atomic E-state index is 0.903. The molecule has 3 heteroatoms. The summed E-state index contributed by atoms with van der Waals surface area (Å²) in [6.45, 7) is 2.02. The molecule has 0 saturated carbocycles. The molecule has 0 aliphatic rings. The van der Waals surface area contributed by atoms with Crippen LogP contribution in [0.5, 0.6) is 0 Å². The van der Waals surface area contributed by atoms with Gasteiger partial charge in [0.05, 0.1) is 5.69 Å². The first-order valence-corrected chi connectivity index (χ1v) is 6.69. The Labute approximate surface area is 114 Å². The van der Waals surface area contributed by atoms with Gasteiger partial charge in [-0.05, 0) is 34.5 Å². The fourth-order valence-corrected chi connectivity index (χ4v) is 2.70. The molecular weight excluding hydrogens is 288 g/mol. The SMILES string of the molecule is Cc1cn2cc(Br)cc(Cc3ccccc3)c2n1. The summed E-state index contributed by atoms with van der Waals surface area (Å²) in [7, 11) is 0. The lowest BCUT2D eigenvalue weighted by Crippen LogP contribution is -1.94. The van der Waals surface area contributed by atoms with Gasteiger partial charge in [-0.2, -0.15) is 0 Å². The van der Waals surface area contributed by atoms with E-state index in [2.05, 4.69) is 61.8 Å². The molecule has 90 valence electrons. The highest BCUT2D eigenvalue weighted by Crippen LogP contribution is 2.20. The van der Waals surface area contributed by atoms with Gasteiger partial charge in [0.25, 0.3) is 0 Å². The number of hydrogen-bond acceptors (Lipinski definition) is 1. The van der Waals surface area contributed by atoms with Crippen molar-refractivity contribution in [2.75, 3.05) is 0 Å². The molecule has 2 heterocycles. The van der Waals surface area contributed by atoms with Crippen molar-refractivity contribution in [1.82, 2.24) is 9.38 Å². The second-order valence-corrected chi connectivity index (χ2v) is 5.37. The molecule has 0 atom stereocenters. The van der Waals surface area contributed by atoms with E-state index >= 15 is 0 Å². The van der Waals surface area contributed by atoms with Crippen molar-refractivity contribution in [3.8, 4) is 0 Å². The third-order valence-electron chi connectivity index (χ3n) is 2.95. The first-order chi connectivity index (χ1) is 8.72. The van der Waals surface area contributed by atoms with Crippen LogP contribution in [0.3, 0.4) is 0 Å². The number of rotatable bonds is 2. The van der Waals surface area contributed by atoms with Gasteiger partial charge in [0.1, 0.15) is 5.65 Å². The van der Waals surface area contributed by atoms with Gasteiger partial charge in [-0.15, -0.1) is 0 Å². The van der Waals surface area contributed by atoms with Crippen LogP contribution in [0.1, 0.15) is 16.8 Å². The smallest absolute Gasteiger partial charge is 0.140 e. The summed E-state index contributed by atoms with van der Waals surface area (Å²) in [5.74, 6) is 0. The predicted molar refractivity (Wildman–Crippen MR) is 76.9 cm³/mol. The van der Waals surface area contributed by atoms with Crippen molar-refractivity contribution in [1.29, 1.82) is 0 Å². The summed E-state index contributed by atoms with van der Waals surface area (Å²) in [5.41, 5.74) is 4.63. The molecule has 0 saturated heterocycles. The molecule has 3 rings (SSSR count). The highest BCUT2D eigenvalue weighted by atomic mass is 79.9. The molecule has 1 aromatic carbocycles. The zero-order valence-electron chi connectivity index (χ0n) is 10.1. The van der Waals surface area contributed by atoms with Gasteiger partial charge in [0.2, 0.25) is 0 Å². The van der Waals surface area contributed by atoms with Crippen molar-refractivity contribution in [3.05, 3.63) is 70.1 Å². The van der Waals surface area contributed by atoms with E-state index in [0.717, 1.165) is 22.2 Å². The molecule has 0 spiro atoms. The van der Waals surface area contributed by atoms with E-state index in [4.69, 9.17) is 0 Å². The normalized spacial score (nSPS) is 11.0. The van der Waals surface area contributed by atoms with Crippen molar-refractivity contribution >= 4 is 21.6 Å². The number of pyridine rings is 1. The third-order valence-corrected chi connectivity index (χ3v) is 3.39. The van der Waals surface area contributed by atoms with E-state index in [1.54, 1.807) is 0 Å². The van der Waals surface area contributed by atoms with E-state index in [-0.39, 0.29) is 0 Å². The average Bonchev–Trinajstić information content (AvgIpc) is 2.71. The minimum Gasteiger partial charge on any atom is -0.305 e. The van der Waals surface area contributed by atoms with Crippen molar-refractivity contribution in [2.24, 2.45) is 0 Å². The summed E-state index contributed by atoms with van der Waals surface area (Å²) in [5, 5.41) is 0. The van der Waals surface area contributed by atoms with Crippen molar-refractivity contribution < 1.29 is 0 Å². The zero-order chi connectivity index (χ0) is 12.5. The molecule has 0 bridgehead atoms. The van der Waals surface area contributed by atoms with Crippen LogP contribution in [0.25, 0.3) is 5.65 Å². The highest BCUT2D eigenvalue weighted by molar-refractivity contribution is 9.10. The first-order valence-electron chi connectivity index (χ1n) is 5.90. The summed E-state index contributed by atoms with van der Waals surface area (Å²) in [6, 6.07) is 12.6. The Morgan fingerprint density at radius 1 is 1.17 bits per heavy atom. The van der Waals surface area contributed by atoms with Crippen LogP contribution in [0.4, 0.5) is 0 Å². The maximum atomic E-state index is 4.59. The van der Waals surface area contributed by atoms with E-state index < -0.39 is 0 Å². The van der Waals surface area contributed by atoms with Gasteiger partial charge >= 0.3 is 0 Å². The van der Waals surface area contributed by atoms with Crippen LogP contribution in [0, 0.1) is 6.92 Å². The number of hydrogen-bond donors (Lipinski definition) is 0. The van der Waals surface area contributed by atoms with E-state index in [1.807, 2.05) is 19.2 Å². The van der Waals surface area contributed by atoms with Crippen molar-refractivity contribution in [3.63, 3.8) is 0 Å². The zero-order valence-corrected chi connectivity index (χ0v) is 11.7. The van der Waals surface area contributed by atoms with Crippen LogP contribution in [-0.2, 0) is 6.42 Å². The summed E-state index contributed by atoms with van der Waals surface area (Å²) in [6.07, 6.45) is 5.00. The number of aryl methyl sites for hydroxylation is 1. The largest absolute Gasteiger partial charge is 0.305 e. The molecule has 0 radical (unpaired) electrons. The monoisotopic (exact) mass is 300 g/mol. The van der Waals surface area contributed by atoms with Crippen LogP contribution < -0.4 is 0 Å². The number of nitrogens with zero attached hydrogens (tertiary/aromatic N) is 2. The van der Waals surface area contributed by atoms with E-state index in [9.17, 15) is 0 Å². The summed E-state index contributed by atoms with van der Waals surface area (Å²) in [4.78, 5) is 4.59. The second-order valence-electron chi connectivity index (χ2n) is 4.46. The second kappa shape index (κ2) is 4.58. The summed E-state index contributed by atoms with van der Waals surface area (Å²) >= 11 is 3.56. The van der Waals surface area contributed by atoms with Gasteiger partial charge in [0, 0.05) is 28.9 Å². The molecule has 0 amide bonds. The molecule has 0 N–H and O–H groups in total. The highest BCUT2D eigenvalue weighted by Gasteiger charge is 2.07. The maximum Gasteiger partial charge on any atom is 0.140 e. The number of fused-ring (bicyclic) bond motifs is 1. The lowest BCUT2D eigenvalue weighted by Gasteiger charge is -2.05. The van der Waals surface area contributed by atoms with Crippen LogP contribution >= 0.6 is 15.9 Å². The minimum atomic E-state index is 0.903. The van der Waals surface area contributed by atoms with Gasteiger partial charge < -0.3 is 4.40 Å². The quantitative estimate of drug-likeness (QED) is 0.699. The maximum absolute atomic E-state index is 4.59. The molecule has 18 heavy (non-hydrogen) atoms. The van der Waals surface area contributed by atoms with Gasteiger partial charge in [-0.3, -0.25) is 0 Å². The van der Waals surface area contributed by atoms with Crippen LogP contribution in [0.2, 0.25) is 0 Å². The standard InChI is InChI=1S/C15H13BrN2/c1-11-9-18-10-14(16)8-13(15(18)17-11)7-12-5-3-2-4-6-12/h2-6,8-10H,7H2,1H3. The molecule has 2 aromatic heterocycles. The number of halogens is 1. The summed E-state index contributed by atoms with van der Waals surface area (Å²) < 4.78 is 3.16. The molecule has 0 aliphatic heterocycles. The Morgan fingerprint density at radius 3 is 2.72 bits per heavy atom. The Morgan fingerprint density at radius 2 is 1.94 bits per heavy atom. The topological polar surface area (TPSA) is 17.3 Å². The predicted octanol–water partition coefficient (Wildman–Crippen LogP) is 4.00. The van der Waals surface area contributed by atoms with E-state index in [1.165, 1.54) is 11.1 Å². The lowest BCUT2D eigenvalue weighted by molar-refractivity contribution is 1.10. The lowest BCUT2D eigenvalue weighted by atomic mass is 10.1. The van der Waals surface area contributed by atoms with Crippen molar-refractivity contribution in [2.45, 2.75) is 13.3 Å². The van der Waals surface area contributed by atoms with Gasteiger partial charge in [0.15, 0.2) is 0 Å². The fourth-order valence-electron chi connectivity index (χ4n) is 2.20. The third kappa shape index (κ3) is 2.18. The molecule has 0 fully saturated rings. The molecule has 0 unspecified atom stereocenters. The van der Waals surface area contributed by atoms with Crippen LogP contribution in [-0.4, -0.2) is 9.38 Å². The van der Waals surface area contributed by atoms with E-state index in [0.29, 0.717) is 0 Å². The Bertz CT molecular complexity index is 686. The van der Waals surface area contributed by atoms with Gasteiger partial charge in [-0.25, -0.2) is 4.98 Å². The van der Waals surface area contributed by atoms with Crippen LogP contribution in [0.15, 0.2) is 53.3 Å². The fraction of sp³-hybridized carbons (Fsp3) is 0.133.